The van der Waals surface area contributed by atoms with E-state index in [9.17, 15) is 4.79 Å². The molecular weight excluding hydrogens is 672 g/mol. The highest BCUT2D eigenvalue weighted by molar-refractivity contribution is 14.1. The van der Waals surface area contributed by atoms with Crippen LogP contribution in [-0.4, -0.2) is 16.8 Å². The molecule has 192 valence electrons. The topological polar surface area (TPSA) is 38.8 Å². The maximum Gasteiger partial charge on any atom is 0.270 e. The van der Waals surface area contributed by atoms with Gasteiger partial charge in [0.2, 0.25) is 0 Å². The minimum atomic E-state index is -0.242. The van der Waals surface area contributed by atoms with E-state index in [-0.39, 0.29) is 5.91 Å². The van der Waals surface area contributed by atoms with Gasteiger partial charge >= 0.3 is 0 Å². The molecule has 0 unspecified atom stereocenters. The summed E-state index contributed by atoms with van der Waals surface area (Å²) < 4.78 is 13.5. The predicted molar refractivity (Wildman–Crippen MR) is 171 cm³/mol. The Balaban J connectivity index is 1.43. The van der Waals surface area contributed by atoms with E-state index in [0.717, 1.165) is 20.1 Å². The lowest BCUT2D eigenvalue weighted by Crippen LogP contribution is -2.27. The molecule has 0 aliphatic carbocycles. The van der Waals surface area contributed by atoms with Crippen LogP contribution in [0.5, 0.6) is 11.5 Å². The molecule has 0 atom stereocenters. The highest BCUT2D eigenvalue weighted by Crippen LogP contribution is 2.41. The number of carbonyl (C=O) groups excluding carboxylic acids is 1. The molecule has 0 N–H and O–H groups in total. The maximum absolute atomic E-state index is 13.3. The normalized spacial score (nSPS) is 14.5. The predicted octanol–water partition coefficient (Wildman–Crippen LogP) is 9.13. The van der Waals surface area contributed by atoms with Gasteiger partial charge in [-0.05, 0) is 87.8 Å². The molecule has 4 nitrogen and oxygen atoms in total. The van der Waals surface area contributed by atoms with Crippen molar-refractivity contribution in [3.8, 4) is 11.5 Å². The van der Waals surface area contributed by atoms with Crippen LogP contribution in [0.2, 0.25) is 10.0 Å². The first kappa shape index (κ1) is 27.3. The van der Waals surface area contributed by atoms with Crippen molar-refractivity contribution in [3.05, 3.63) is 102 Å². The van der Waals surface area contributed by atoms with Crippen LogP contribution in [0, 0.1) is 3.57 Å². The fourth-order valence-corrected chi connectivity index (χ4v) is 6.69. The Hall–Kier alpha value is -2.30. The number of rotatable bonds is 7. The summed E-state index contributed by atoms with van der Waals surface area (Å²) in [6, 6.07) is 23.2. The second-order valence-electron chi connectivity index (χ2n) is 8.30. The molecule has 0 saturated carbocycles. The lowest BCUT2D eigenvalue weighted by Gasteiger charge is -2.16. The highest BCUT2D eigenvalue weighted by Gasteiger charge is 2.34. The van der Waals surface area contributed by atoms with Crippen LogP contribution in [-0.2, 0) is 11.4 Å². The van der Waals surface area contributed by atoms with Crippen LogP contribution >= 0.6 is 69.8 Å². The molecule has 38 heavy (non-hydrogen) atoms. The van der Waals surface area contributed by atoms with Crippen molar-refractivity contribution in [2.75, 3.05) is 11.5 Å². The van der Waals surface area contributed by atoms with E-state index in [2.05, 4.69) is 46.9 Å². The van der Waals surface area contributed by atoms with E-state index < -0.39 is 0 Å². The van der Waals surface area contributed by atoms with Crippen LogP contribution in [0.25, 0.3) is 16.8 Å². The number of halogens is 3. The van der Waals surface area contributed by atoms with Gasteiger partial charge in [-0.3, -0.25) is 9.69 Å². The first-order valence-corrected chi connectivity index (χ1v) is 14.7. The van der Waals surface area contributed by atoms with Crippen molar-refractivity contribution in [1.29, 1.82) is 0 Å². The first-order chi connectivity index (χ1) is 18.4. The number of anilines is 1. The number of carbonyl (C=O) groups is 1. The molecule has 0 spiro atoms. The number of fused-ring (bicyclic) bond motifs is 1. The summed E-state index contributed by atoms with van der Waals surface area (Å²) in [5, 5.41) is 3.17. The lowest BCUT2D eigenvalue weighted by molar-refractivity contribution is -0.113. The Kier molecular flexibility index (Phi) is 8.50. The second-order valence-corrected chi connectivity index (χ2v) is 12.0. The summed E-state index contributed by atoms with van der Waals surface area (Å²) in [4.78, 5) is 15.2. The zero-order valence-corrected chi connectivity index (χ0v) is 25.3. The largest absolute Gasteiger partial charge is 0.490 e. The van der Waals surface area contributed by atoms with Crippen LogP contribution in [0.4, 0.5) is 5.69 Å². The smallest absolute Gasteiger partial charge is 0.270 e. The fraction of sp³-hybridized carbons (Fsp3) is 0.103. The number of hydrogen-bond donors (Lipinski definition) is 0. The van der Waals surface area contributed by atoms with Gasteiger partial charge in [0.1, 0.15) is 6.61 Å². The zero-order chi connectivity index (χ0) is 26.8. The van der Waals surface area contributed by atoms with Gasteiger partial charge in [-0.2, -0.15) is 0 Å². The van der Waals surface area contributed by atoms with Crippen molar-refractivity contribution in [1.82, 2.24) is 0 Å². The van der Waals surface area contributed by atoms with E-state index in [0.29, 0.717) is 49.7 Å². The van der Waals surface area contributed by atoms with Crippen LogP contribution < -0.4 is 14.4 Å². The van der Waals surface area contributed by atoms with Gasteiger partial charge in [-0.15, -0.1) is 0 Å². The minimum Gasteiger partial charge on any atom is -0.490 e. The minimum absolute atomic E-state index is 0.242. The molecular formula is C29H20Cl2INO3S2. The second kappa shape index (κ2) is 11.8. The maximum atomic E-state index is 13.3. The van der Waals surface area contributed by atoms with Crippen LogP contribution in [0.15, 0.2) is 77.7 Å². The number of hydrogen-bond acceptors (Lipinski definition) is 5. The highest BCUT2D eigenvalue weighted by atomic mass is 127. The van der Waals surface area contributed by atoms with Gasteiger partial charge in [0.05, 0.1) is 25.8 Å². The summed E-state index contributed by atoms with van der Waals surface area (Å²) >= 11 is 21.3. The summed E-state index contributed by atoms with van der Waals surface area (Å²) in [5.41, 5.74) is 2.40. The molecule has 0 radical (unpaired) electrons. The molecule has 1 saturated heterocycles. The molecule has 4 aromatic carbocycles. The first-order valence-electron chi connectivity index (χ1n) is 11.6. The van der Waals surface area contributed by atoms with Crippen molar-refractivity contribution in [2.45, 2.75) is 13.5 Å². The number of nitrogens with zero attached hydrogens (tertiary/aromatic N) is 1. The Bertz CT molecular complexity index is 1600. The van der Waals surface area contributed by atoms with Gasteiger partial charge in [0.25, 0.3) is 5.91 Å². The van der Waals surface area contributed by atoms with E-state index in [4.69, 9.17) is 44.9 Å². The molecule has 5 rings (SSSR count). The number of thiocarbonyl (C=S) groups is 1. The Morgan fingerprint density at radius 1 is 1.03 bits per heavy atom. The summed E-state index contributed by atoms with van der Waals surface area (Å²) in [6.07, 6.45) is 1.81. The molecule has 1 aliphatic heterocycles. The van der Waals surface area contributed by atoms with Crippen LogP contribution in [0.1, 0.15) is 18.1 Å². The van der Waals surface area contributed by atoms with Gasteiger partial charge in [-0.25, -0.2) is 0 Å². The Morgan fingerprint density at radius 3 is 2.61 bits per heavy atom. The van der Waals surface area contributed by atoms with Gasteiger partial charge in [0.15, 0.2) is 15.8 Å². The molecule has 0 bridgehead atoms. The quantitative estimate of drug-likeness (QED) is 0.110. The molecule has 0 aromatic heterocycles. The van der Waals surface area contributed by atoms with Gasteiger partial charge in [-0.1, -0.05) is 89.6 Å². The van der Waals surface area contributed by atoms with E-state index >= 15 is 0 Å². The molecule has 1 heterocycles. The van der Waals surface area contributed by atoms with Gasteiger partial charge in [0, 0.05) is 5.02 Å². The van der Waals surface area contributed by atoms with Crippen molar-refractivity contribution < 1.29 is 14.3 Å². The molecule has 4 aromatic rings. The fourth-order valence-electron chi connectivity index (χ4n) is 4.13. The number of benzene rings is 4. The summed E-state index contributed by atoms with van der Waals surface area (Å²) in [7, 11) is 0. The van der Waals surface area contributed by atoms with Gasteiger partial charge < -0.3 is 9.47 Å². The van der Waals surface area contributed by atoms with Crippen molar-refractivity contribution in [2.24, 2.45) is 0 Å². The Morgan fingerprint density at radius 2 is 1.82 bits per heavy atom. The van der Waals surface area contributed by atoms with E-state index in [1.807, 2.05) is 43.3 Å². The number of ether oxygens (including phenoxy) is 2. The standard InChI is InChI=1S/C29H20Cl2INO3S2/c1-2-35-25-13-17(14-26-28(34)33(29(37)38-26)24-11-10-20(30)15-22(24)31)12-23(32)27(25)36-16-19-8-5-7-18-6-3-4-9-21(18)19/h3-15H,2,16H2,1H3/b26-14-. The van der Waals surface area contributed by atoms with Crippen molar-refractivity contribution >= 4 is 103 Å². The third-order valence-corrected chi connectivity index (χ3v) is 8.47. The Labute approximate surface area is 254 Å². The number of amides is 1. The van der Waals surface area contributed by atoms with E-state index in [1.165, 1.54) is 22.0 Å². The zero-order valence-electron chi connectivity index (χ0n) is 20.0. The molecule has 1 fully saturated rings. The average Bonchev–Trinajstić information content (AvgIpc) is 3.16. The summed E-state index contributed by atoms with van der Waals surface area (Å²) in [5.74, 6) is 1.04. The SMILES string of the molecule is CCOc1cc(/C=C2\SC(=S)N(c3ccc(Cl)cc3Cl)C2=O)cc(I)c1OCc1cccc2ccccc12. The van der Waals surface area contributed by atoms with Crippen LogP contribution in [0.3, 0.4) is 0 Å². The third-order valence-electron chi connectivity index (χ3n) is 5.83. The van der Waals surface area contributed by atoms with Crippen molar-refractivity contribution in [3.63, 3.8) is 0 Å². The average molecular weight is 692 g/mol. The summed E-state index contributed by atoms with van der Waals surface area (Å²) in [6.45, 7) is 2.80. The third kappa shape index (κ3) is 5.67. The number of thioether (sulfide) groups is 1. The monoisotopic (exact) mass is 691 g/mol. The van der Waals surface area contributed by atoms with E-state index in [1.54, 1.807) is 18.2 Å². The molecule has 1 amide bonds. The molecule has 1 aliphatic rings. The lowest BCUT2D eigenvalue weighted by atomic mass is 10.1. The molecule has 9 heteroatoms.